The van der Waals surface area contributed by atoms with Gasteiger partial charge >= 0.3 is 5.69 Å². The fraction of sp³-hybridized carbons (Fsp3) is 0.160. The zero-order valence-corrected chi connectivity index (χ0v) is 17.8. The highest BCUT2D eigenvalue weighted by Gasteiger charge is 2.16. The third kappa shape index (κ3) is 4.09. The predicted molar refractivity (Wildman–Crippen MR) is 123 cm³/mol. The van der Waals surface area contributed by atoms with Gasteiger partial charge in [-0.15, -0.1) is 0 Å². The van der Waals surface area contributed by atoms with Crippen molar-refractivity contribution in [3.63, 3.8) is 0 Å². The van der Waals surface area contributed by atoms with Gasteiger partial charge in [0.25, 0.3) is 5.56 Å². The van der Waals surface area contributed by atoms with Crippen molar-refractivity contribution in [1.29, 1.82) is 0 Å². The molecular formula is C25H22FN3O3. The summed E-state index contributed by atoms with van der Waals surface area (Å²) in [7, 11) is 0. The third-order valence-corrected chi connectivity index (χ3v) is 5.57. The van der Waals surface area contributed by atoms with Crippen LogP contribution in [0.5, 0.6) is 0 Å². The van der Waals surface area contributed by atoms with Crippen LogP contribution in [0.3, 0.4) is 0 Å². The molecule has 0 bridgehead atoms. The van der Waals surface area contributed by atoms with Crippen LogP contribution in [0.1, 0.15) is 16.7 Å². The maximum atomic E-state index is 13.3. The van der Waals surface area contributed by atoms with E-state index in [9.17, 15) is 18.8 Å². The van der Waals surface area contributed by atoms with E-state index >= 15 is 0 Å². The SMILES string of the molecule is Cc1cccc(NC(=O)Cn2c(=O)n(Cc3ccc(F)cc3)c(=O)c3ccccc32)c1C. The summed E-state index contributed by atoms with van der Waals surface area (Å²) >= 11 is 0. The fourth-order valence-electron chi connectivity index (χ4n) is 3.66. The minimum Gasteiger partial charge on any atom is -0.324 e. The number of fused-ring (bicyclic) bond motifs is 1. The molecule has 7 heteroatoms. The Morgan fingerprint density at radius 3 is 2.38 bits per heavy atom. The standard InChI is InChI=1S/C25H22FN3O3/c1-16-6-5-8-21(17(16)2)27-23(30)15-28-22-9-4-3-7-20(22)24(31)29(25(28)32)14-18-10-12-19(26)13-11-18/h3-13H,14-15H2,1-2H3,(H,27,30). The van der Waals surface area contributed by atoms with Crippen LogP contribution in [0.4, 0.5) is 10.1 Å². The number of benzene rings is 3. The lowest BCUT2D eigenvalue weighted by Crippen LogP contribution is -2.42. The second kappa shape index (κ2) is 8.63. The summed E-state index contributed by atoms with van der Waals surface area (Å²) in [5.41, 5.74) is 2.58. The second-order valence-electron chi connectivity index (χ2n) is 7.70. The molecule has 0 radical (unpaired) electrons. The normalized spacial score (nSPS) is 11.0. The molecule has 1 heterocycles. The highest BCUT2D eigenvalue weighted by atomic mass is 19.1. The molecule has 0 aliphatic rings. The van der Waals surface area contributed by atoms with Crippen LogP contribution >= 0.6 is 0 Å². The maximum Gasteiger partial charge on any atom is 0.332 e. The first-order valence-corrected chi connectivity index (χ1v) is 10.2. The largest absolute Gasteiger partial charge is 0.332 e. The van der Waals surface area contributed by atoms with Gasteiger partial charge < -0.3 is 5.32 Å². The van der Waals surface area contributed by atoms with Gasteiger partial charge in [0.05, 0.1) is 17.4 Å². The number of amides is 1. The van der Waals surface area contributed by atoms with Gasteiger partial charge in [-0.2, -0.15) is 0 Å². The van der Waals surface area contributed by atoms with Gasteiger partial charge in [-0.1, -0.05) is 36.4 Å². The molecule has 3 aromatic carbocycles. The molecule has 0 unspecified atom stereocenters. The van der Waals surface area contributed by atoms with E-state index in [0.29, 0.717) is 22.2 Å². The number of carbonyl (C=O) groups excluding carboxylic acids is 1. The molecule has 0 saturated heterocycles. The van der Waals surface area contributed by atoms with Gasteiger partial charge in [0.1, 0.15) is 12.4 Å². The number of halogens is 1. The Labute approximate surface area is 183 Å². The zero-order valence-electron chi connectivity index (χ0n) is 17.8. The van der Waals surface area contributed by atoms with E-state index in [1.54, 1.807) is 30.3 Å². The van der Waals surface area contributed by atoms with Gasteiger partial charge in [-0.3, -0.25) is 18.7 Å². The van der Waals surface area contributed by atoms with Crippen LogP contribution in [-0.2, 0) is 17.9 Å². The van der Waals surface area contributed by atoms with E-state index in [0.717, 1.165) is 15.7 Å². The van der Waals surface area contributed by atoms with Crippen molar-refractivity contribution in [2.24, 2.45) is 0 Å². The minimum atomic E-state index is -0.603. The molecule has 1 amide bonds. The molecule has 0 aliphatic carbocycles. The summed E-state index contributed by atoms with van der Waals surface area (Å²) in [4.78, 5) is 39.1. The molecule has 0 atom stereocenters. The predicted octanol–water partition coefficient (Wildman–Crippen LogP) is 3.61. The Morgan fingerprint density at radius 1 is 0.906 bits per heavy atom. The van der Waals surface area contributed by atoms with Gasteiger partial charge in [0.2, 0.25) is 5.91 Å². The molecule has 1 N–H and O–H groups in total. The minimum absolute atomic E-state index is 0.0264. The zero-order chi connectivity index (χ0) is 22.8. The van der Waals surface area contributed by atoms with E-state index < -0.39 is 17.1 Å². The third-order valence-electron chi connectivity index (χ3n) is 5.57. The van der Waals surface area contributed by atoms with Crippen molar-refractivity contribution < 1.29 is 9.18 Å². The number of aromatic nitrogens is 2. The Morgan fingerprint density at radius 2 is 1.62 bits per heavy atom. The van der Waals surface area contributed by atoms with Crippen LogP contribution < -0.4 is 16.6 Å². The molecule has 0 saturated carbocycles. The van der Waals surface area contributed by atoms with Gasteiger partial charge in [-0.25, -0.2) is 9.18 Å². The van der Waals surface area contributed by atoms with Crippen molar-refractivity contribution in [1.82, 2.24) is 9.13 Å². The van der Waals surface area contributed by atoms with E-state index in [4.69, 9.17) is 0 Å². The quantitative estimate of drug-likeness (QED) is 0.525. The number of hydrogen-bond donors (Lipinski definition) is 1. The van der Waals surface area contributed by atoms with Crippen molar-refractivity contribution in [3.05, 3.63) is 110 Å². The van der Waals surface area contributed by atoms with Crippen LogP contribution in [-0.4, -0.2) is 15.0 Å². The molecule has 0 fully saturated rings. The maximum absolute atomic E-state index is 13.3. The van der Waals surface area contributed by atoms with E-state index in [2.05, 4.69) is 5.32 Å². The number of carbonyl (C=O) groups is 1. The number of anilines is 1. The highest BCUT2D eigenvalue weighted by molar-refractivity contribution is 5.92. The Bertz CT molecular complexity index is 1440. The first-order chi connectivity index (χ1) is 15.3. The number of hydrogen-bond acceptors (Lipinski definition) is 3. The monoisotopic (exact) mass is 431 g/mol. The molecule has 32 heavy (non-hydrogen) atoms. The number of nitrogens with zero attached hydrogens (tertiary/aromatic N) is 2. The second-order valence-corrected chi connectivity index (χ2v) is 7.70. The average molecular weight is 431 g/mol. The lowest BCUT2D eigenvalue weighted by molar-refractivity contribution is -0.116. The average Bonchev–Trinajstić information content (AvgIpc) is 2.78. The lowest BCUT2D eigenvalue weighted by Gasteiger charge is -2.15. The molecule has 4 rings (SSSR count). The Hall–Kier alpha value is -4.00. The molecule has 0 aliphatic heterocycles. The summed E-state index contributed by atoms with van der Waals surface area (Å²) < 4.78 is 15.6. The molecule has 0 spiro atoms. The van der Waals surface area contributed by atoms with Gasteiger partial charge in [-0.05, 0) is 60.9 Å². The number of aryl methyl sites for hydroxylation is 1. The van der Waals surface area contributed by atoms with Crippen LogP contribution in [0.2, 0.25) is 0 Å². The van der Waals surface area contributed by atoms with E-state index in [1.165, 1.54) is 28.8 Å². The fourth-order valence-corrected chi connectivity index (χ4v) is 3.66. The number of nitrogens with one attached hydrogen (secondary N) is 1. The van der Waals surface area contributed by atoms with Crippen LogP contribution in [0.25, 0.3) is 10.9 Å². The van der Waals surface area contributed by atoms with Crippen molar-refractivity contribution in [2.75, 3.05) is 5.32 Å². The van der Waals surface area contributed by atoms with E-state index in [-0.39, 0.29) is 19.0 Å². The topological polar surface area (TPSA) is 73.1 Å². The summed E-state index contributed by atoms with van der Waals surface area (Å²) in [5, 5.41) is 3.18. The number of rotatable bonds is 5. The molecule has 1 aromatic heterocycles. The highest BCUT2D eigenvalue weighted by Crippen LogP contribution is 2.18. The van der Waals surface area contributed by atoms with E-state index in [1.807, 2.05) is 26.0 Å². The van der Waals surface area contributed by atoms with Gasteiger partial charge in [0.15, 0.2) is 0 Å². The number of para-hydroxylation sites is 1. The Balaban J connectivity index is 1.75. The molecular weight excluding hydrogens is 409 g/mol. The molecule has 162 valence electrons. The van der Waals surface area contributed by atoms with Crippen molar-refractivity contribution >= 4 is 22.5 Å². The summed E-state index contributed by atoms with van der Waals surface area (Å²) in [6.45, 7) is 3.58. The first-order valence-electron chi connectivity index (χ1n) is 10.2. The van der Waals surface area contributed by atoms with Crippen molar-refractivity contribution in [3.8, 4) is 0 Å². The van der Waals surface area contributed by atoms with Gasteiger partial charge in [0, 0.05) is 5.69 Å². The molecule has 4 aromatic rings. The van der Waals surface area contributed by atoms with Crippen LogP contribution in [0.15, 0.2) is 76.3 Å². The summed E-state index contributed by atoms with van der Waals surface area (Å²) in [6, 6.07) is 17.9. The first kappa shape index (κ1) is 21.2. The lowest BCUT2D eigenvalue weighted by atomic mass is 10.1. The Kier molecular flexibility index (Phi) is 5.73. The smallest absolute Gasteiger partial charge is 0.324 e. The summed E-state index contributed by atoms with van der Waals surface area (Å²) in [6.07, 6.45) is 0. The van der Waals surface area contributed by atoms with Crippen LogP contribution in [0, 0.1) is 19.7 Å². The molecule has 6 nitrogen and oxygen atoms in total. The summed E-state index contributed by atoms with van der Waals surface area (Å²) in [5.74, 6) is -0.780. The van der Waals surface area contributed by atoms with Crippen molar-refractivity contribution in [2.45, 2.75) is 26.9 Å².